The van der Waals surface area contributed by atoms with Crippen LogP contribution >= 0.6 is 0 Å². The molecule has 0 fully saturated rings. The molecule has 0 aromatic heterocycles. The molecule has 0 saturated heterocycles. The Bertz CT molecular complexity index is 468. The van der Waals surface area contributed by atoms with Crippen LogP contribution in [0.2, 0.25) is 0 Å². The minimum absolute atomic E-state index is 0.189. The molecule has 0 unspecified atom stereocenters. The molecular formula is C13H19NO3S. The molecule has 4 nitrogen and oxygen atoms in total. The first kappa shape index (κ1) is 14.7. The van der Waals surface area contributed by atoms with E-state index in [4.69, 9.17) is 0 Å². The summed E-state index contributed by atoms with van der Waals surface area (Å²) >= 11 is 0. The first-order valence-electron chi connectivity index (χ1n) is 6.11. The van der Waals surface area contributed by atoms with Crippen LogP contribution in [0.1, 0.15) is 26.2 Å². The number of nitrogens with one attached hydrogen (secondary N) is 1. The number of benzene rings is 1. The van der Waals surface area contributed by atoms with Crippen molar-refractivity contribution in [1.82, 2.24) is 5.32 Å². The Kier molecular flexibility index (Phi) is 5.85. The Labute approximate surface area is 108 Å². The number of hydrogen-bond donors (Lipinski definition) is 1. The second-order valence-electron chi connectivity index (χ2n) is 4.13. The third-order valence-electron chi connectivity index (χ3n) is 2.53. The fraction of sp³-hybridized carbons (Fsp3) is 0.462. The van der Waals surface area contributed by atoms with Gasteiger partial charge in [-0.15, -0.1) is 0 Å². The monoisotopic (exact) mass is 269 g/mol. The highest BCUT2D eigenvalue weighted by Gasteiger charge is 2.18. The van der Waals surface area contributed by atoms with Gasteiger partial charge in [0, 0.05) is 6.54 Å². The Hall–Kier alpha value is -1.36. The highest BCUT2D eigenvalue weighted by molar-refractivity contribution is 7.92. The highest BCUT2D eigenvalue weighted by Crippen LogP contribution is 2.09. The normalized spacial score (nSPS) is 11.2. The van der Waals surface area contributed by atoms with Gasteiger partial charge in [-0.1, -0.05) is 38.0 Å². The molecule has 0 heterocycles. The van der Waals surface area contributed by atoms with E-state index in [2.05, 4.69) is 12.2 Å². The van der Waals surface area contributed by atoms with Gasteiger partial charge >= 0.3 is 0 Å². The minimum Gasteiger partial charge on any atom is -0.355 e. The second kappa shape index (κ2) is 7.16. The van der Waals surface area contributed by atoms with E-state index >= 15 is 0 Å². The van der Waals surface area contributed by atoms with Gasteiger partial charge in [-0.05, 0) is 18.6 Å². The zero-order valence-corrected chi connectivity index (χ0v) is 11.4. The van der Waals surface area contributed by atoms with Crippen LogP contribution in [0.25, 0.3) is 0 Å². The molecule has 1 amide bonds. The lowest BCUT2D eigenvalue weighted by atomic mass is 10.2. The molecule has 18 heavy (non-hydrogen) atoms. The van der Waals surface area contributed by atoms with Gasteiger partial charge < -0.3 is 5.32 Å². The first-order valence-corrected chi connectivity index (χ1v) is 7.76. The molecule has 0 bridgehead atoms. The molecule has 0 radical (unpaired) electrons. The van der Waals surface area contributed by atoms with Gasteiger partial charge in [-0.3, -0.25) is 4.79 Å². The van der Waals surface area contributed by atoms with Crippen LogP contribution in [0.5, 0.6) is 0 Å². The lowest BCUT2D eigenvalue weighted by Crippen LogP contribution is -2.31. The number of amides is 1. The molecule has 1 aromatic carbocycles. The third kappa shape index (κ3) is 4.87. The van der Waals surface area contributed by atoms with Crippen LogP contribution in [0.3, 0.4) is 0 Å². The van der Waals surface area contributed by atoms with E-state index in [1.807, 2.05) is 0 Å². The number of rotatable bonds is 7. The molecule has 0 aliphatic rings. The maximum atomic E-state index is 11.9. The Morgan fingerprint density at radius 3 is 2.44 bits per heavy atom. The Balaban J connectivity index is 2.49. The fourth-order valence-corrected chi connectivity index (χ4v) is 2.72. The molecule has 0 spiro atoms. The van der Waals surface area contributed by atoms with Crippen molar-refractivity contribution < 1.29 is 13.2 Å². The average Bonchev–Trinajstić information content (AvgIpc) is 2.35. The molecule has 1 N–H and O–H groups in total. The SMILES string of the molecule is CCCCCNC(=O)CS(=O)(=O)c1ccccc1. The van der Waals surface area contributed by atoms with E-state index in [1.54, 1.807) is 18.2 Å². The number of sulfone groups is 1. The smallest absolute Gasteiger partial charge is 0.235 e. The van der Waals surface area contributed by atoms with E-state index in [1.165, 1.54) is 12.1 Å². The zero-order valence-electron chi connectivity index (χ0n) is 10.6. The lowest BCUT2D eigenvalue weighted by Gasteiger charge is -2.06. The largest absolute Gasteiger partial charge is 0.355 e. The molecule has 0 aliphatic heterocycles. The summed E-state index contributed by atoms with van der Waals surface area (Å²) in [6, 6.07) is 8.03. The molecule has 0 aliphatic carbocycles. The van der Waals surface area contributed by atoms with Gasteiger partial charge in [-0.25, -0.2) is 8.42 Å². The lowest BCUT2D eigenvalue weighted by molar-refractivity contribution is -0.118. The highest BCUT2D eigenvalue weighted by atomic mass is 32.2. The summed E-state index contributed by atoms with van der Waals surface area (Å²) in [5, 5.41) is 2.63. The summed E-state index contributed by atoms with van der Waals surface area (Å²) < 4.78 is 23.7. The van der Waals surface area contributed by atoms with Crippen LogP contribution in [0, 0.1) is 0 Å². The van der Waals surface area contributed by atoms with Gasteiger partial charge in [0.25, 0.3) is 0 Å². The van der Waals surface area contributed by atoms with Crippen LogP contribution < -0.4 is 5.32 Å². The van der Waals surface area contributed by atoms with Gasteiger partial charge in [0.05, 0.1) is 4.90 Å². The topological polar surface area (TPSA) is 63.2 Å². The van der Waals surface area contributed by atoms with E-state index < -0.39 is 21.5 Å². The molecule has 100 valence electrons. The predicted molar refractivity (Wildman–Crippen MR) is 71.0 cm³/mol. The summed E-state index contributed by atoms with van der Waals surface area (Å²) in [6.07, 6.45) is 2.98. The molecule has 0 saturated carbocycles. The van der Waals surface area contributed by atoms with E-state index in [9.17, 15) is 13.2 Å². The van der Waals surface area contributed by atoms with Gasteiger partial charge in [0.1, 0.15) is 5.75 Å². The summed E-state index contributed by atoms with van der Waals surface area (Å²) in [5.41, 5.74) is 0. The maximum absolute atomic E-state index is 11.9. The zero-order chi connectivity index (χ0) is 13.4. The summed E-state index contributed by atoms with van der Waals surface area (Å²) in [6.45, 7) is 2.61. The number of carbonyl (C=O) groups is 1. The molecular weight excluding hydrogens is 250 g/mol. The fourth-order valence-electron chi connectivity index (χ4n) is 1.54. The Morgan fingerprint density at radius 1 is 1.17 bits per heavy atom. The average molecular weight is 269 g/mol. The number of carbonyl (C=O) groups excluding carboxylic acids is 1. The van der Waals surface area contributed by atoms with Gasteiger partial charge in [-0.2, -0.15) is 0 Å². The Morgan fingerprint density at radius 2 is 1.83 bits per heavy atom. The van der Waals surface area contributed by atoms with Crippen molar-refractivity contribution in [3.05, 3.63) is 30.3 Å². The number of unbranched alkanes of at least 4 members (excludes halogenated alkanes) is 2. The summed E-state index contributed by atoms with van der Waals surface area (Å²) in [5.74, 6) is -0.918. The minimum atomic E-state index is -3.51. The molecule has 1 aromatic rings. The van der Waals surface area contributed by atoms with Gasteiger partial charge in [0.2, 0.25) is 5.91 Å². The van der Waals surface area contributed by atoms with E-state index in [0.717, 1.165) is 19.3 Å². The summed E-state index contributed by atoms with van der Waals surface area (Å²) in [4.78, 5) is 11.7. The van der Waals surface area contributed by atoms with Crippen molar-refractivity contribution in [3.8, 4) is 0 Å². The van der Waals surface area contributed by atoms with Gasteiger partial charge in [0.15, 0.2) is 9.84 Å². The van der Waals surface area contributed by atoms with Crippen molar-refractivity contribution in [1.29, 1.82) is 0 Å². The van der Waals surface area contributed by atoms with Crippen LogP contribution in [0.4, 0.5) is 0 Å². The van der Waals surface area contributed by atoms with Crippen LogP contribution in [0.15, 0.2) is 35.2 Å². The van der Waals surface area contributed by atoms with E-state index in [-0.39, 0.29) is 4.90 Å². The second-order valence-corrected chi connectivity index (χ2v) is 6.12. The quantitative estimate of drug-likeness (QED) is 0.767. The van der Waals surface area contributed by atoms with Crippen molar-refractivity contribution >= 4 is 15.7 Å². The standard InChI is InChI=1S/C13H19NO3S/c1-2-3-7-10-14-13(15)11-18(16,17)12-8-5-4-6-9-12/h4-6,8-9H,2-3,7,10-11H2,1H3,(H,14,15). The van der Waals surface area contributed by atoms with E-state index in [0.29, 0.717) is 6.54 Å². The van der Waals surface area contributed by atoms with Crippen molar-refractivity contribution in [2.45, 2.75) is 31.1 Å². The van der Waals surface area contributed by atoms with Crippen LogP contribution in [-0.4, -0.2) is 26.6 Å². The first-order chi connectivity index (χ1) is 8.56. The molecule has 1 rings (SSSR count). The molecule has 5 heteroatoms. The van der Waals surface area contributed by atoms with Crippen LogP contribution in [-0.2, 0) is 14.6 Å². The van der Waals surface area contributed by atoms with Crippen molar-refractivity contribution in [2.24, 2.45) is 0 Å². The van der Waals surface area contributed by atoms with Crippen molar-refractivity contribution in [3.63, 3.8) is 0 Å². The maximum Gasteiger partial charge on any atom is 0.235 e. The third-order valence-corrected chi connectivity index (χ3v) is 4.16. The van der Waals surface area contributed by atoms with Crippen molar-refractivity contribution in [2.75, 3.05) is 12.3 Å². The molecule has 0 atom stereocenters. The predicted octanol–water partition coefficient (Wildman–Crippen LogP) is 1.77. The summed E-state index contributed by atoms with van der Waals surface area (Å²) in [7, 11) is -3.51. The number of hydrogen-bond acceptors (Lipinski definition) is 3.